The maximum atomic E-state index is 5.70. The molecule has 0 aliphatic heterocycles. The molecule has 0 aliphatic rings. The Morgan fingerprint density at radius 1 is 1.04 bits per heavy atom. The molecule has 1 aromatic heterocycles. The summed E-state index contributed by atoms with van der Waals surface area (Å²) >= 11 is 1.77. The van der Waals surface area contributed by atoms with E-state index in [1.165, 1.54) is 9.71 Å². The molecule has 0 fully saturated rings. The smallest absolute Gasteiger partial charge is 0.191 e. The van der Waals surface area contributed by atoms with Crippen LogP contribution in [-0.4, -0.2) is 44.8 Å². The Labute approximate surface area is 169 Å². The Hall–Kier alpha value is -2.80. The third-order valence-corrected chi connectivity index (χ3v) is 5.24. The highest BCUT2D eigenvalue weighted by molar-refractivity contribution is 7.18. The standard InChI is InChI=1S/C21H26N4O2S/c1-22-21(24-14-15-27-17-11-9-16(26-2)10-12-17)23-13-5-8-20-25-18-6-3-4-7-19(18)28-20/h3-4,6-7,9-12H,5,8,13-15H2,1-2H3,(H2,22,23,24). The highest BCUT2D eigenvalue weighted by atomic mass is 32.1. The summed E-state index contributed by atoms with van der Waals surface area (Å²) in [4.78, 5) is 8.91. The van der Waals surface area contributed by atoms with Crippen LogP contribution in [0.5, 0.6) is 11.5 Å². The van der Waals surface area contributed by atoms with Gasteiger partial charge in [-0.05, 0) is 42.8 Å². The molecule has 0 aliphatic carbocycles. The summed E-state index contributed by atoms with van der Waals surface area (Å²) in [6, 6.07) is 15.8. The van der Waals surface area contributed by atoms with Crippen molar-refractivity contribution in [2.24, 2.45) is 4.99 Å². The quantitative estimate of drug-likeness (QED) is 0.328. The van der Waals surface area contributed by atoms with Gasteiger partial charge in [-0.2, -0.15) is 0 Å². The number of benzene rings is 2. The summed E-state index contributed by atoms with van der Waals surface area (Å²) in [6.45, 7) is 2.07. The fourth-order valence-electron chi connectivity index (χ4n) is 2.70. The van der Waals surface area contributed by atoms with Gasteiger partial charge >= 0.3 is 0 Å². The van der Waals surface area contributed by atoms with Crippen LogP contribution >= 0.6 is 11.3 Å². The van der Waals surface area contributed by atoms with Gasteiger partial charge in [-0.1, -0.05) is 12.1 Å². The molecule has 0 saturated carbocycles. The Balaban J connectivity index is 1.31. The minimum atomic E-state index is 0.554. The third kappa shape index (κ3) is 5.85. The van der Waals surface area contributed by atoms with E-state index in [-0.39, 0.29) is 0 Å². The fraction of sp³-hybridized carbons (Fsp3) is 0.333. The van der Waals surface area contributed by atoms with Crippen molar-refractivity contribution in [2.75, 3.05) is 33.9 Å². The molecule has 28 heavy (non-hydrogen) atoms. The molecule has 7 heteroatoms. The van der Waals surface area contributed by atoms with E-state index in [1.54, 1.807) is 25.5 Å². The van der Waals surface area contributed by atoms with Crippen LogP contribution in [0.4, 0.5) is 0 Å². The zero-order valence-corrected chi connectivity index (χ0v) is 17.1. The lowest BCUT2D eigenvalue weighted by Gasteiger charge is -2.12. The van der Waals surface area contributed by atoms with Gasteiger partial charge in [-0.3, -0.25) is 4.99 Å². The van der Waals surface area contributed by atoms with E-state index in [2.05, 4.69) is 38.8 Å². The number of ether oxygens (including phenoxy) is 2. The van der Waals surface area contributed by atoms with Crippen molar-refractivity contribution >= 4 is 27.5 Å². The van der Waals surface area contributed by atoms with Gasteiger partial charge in [0.15, 0.2) is 5.96 Å². The number of aryl methyl sites for hydroxylation is 1. The number of thiazole rings is 1. The van der Waals surface area contributed by atoms with Gasteiger partial charge in [0.05, 0.1) is 28.9 Å². The number of hydrogen-bond acceptors (Lipinski definition) is 5. The number of aromatic nitrogens is 1. The molecule has 0 atom stereocenters. The first kappa shape index (κ1) is 19.9. The van der Waals surface area contributed by atoms with Crippen LogP contribution in [0.2, 0.25) is 0 Å². The number of nitrogens with zero attached hydrogens (tertiary/aromatic N) is 2. The largest absolute Gasteiger partial charge is 0.497 e. The normalized spacial score (nSPS) is 11.4. The maximum absolute atomic E-state index is 5.70. The second-order valence-electron chi connectivity index (χ2n) is 6.13. The lowest BCUT2D eigenvalue weighted by atomic mass is 10.3. The summed E-state index contributed by atoms with van der Waals surface area (Å²) in [5.74, 6) is 2.42. The number of rotatable bonds is 9. The Morgan fingerprint density at radius 3 is 2.54 bits per heavy atom. The zero-order valence-electron chi connectivity index (χ0n) is 16.3. The van der Waals surface area contributed by atoms with Crippen LogP contribution in [0.1, 0.15) is 11.4 Å². The second-order valence-corrected chi connectivity index (χ2v) is 7.24. The van der Waals surface area contributed by atoms with Crippen molar-refractivity contribution in [2.45, 2.75) is 12.8 Å². The lowest BCUT2D eigenvalue weighted by molar-refractivity contribution is 0.321. The second kappa shape index (κ2) is 10.5. The molecule has 0 saturated heterocycles. The van der Waals surface area contributed by atoms with Crippen molar-refractivity contribution in [3.8, 4) is 11.5 Å². The van der Waals surface area contributed by atoms with E-state index in [0.717, 1.165) is 42.4 Å². The van der Waals surface area contributed by atoms with Gasteiger partial charge in [-0.25, -0.2) is 4.98 Å². The van der Waals surface area contributed by atoms with Crippen LogP contribution in [0.3, 0.4) is 0 Å². The Bertz CT molecular complexity index is 860. The summed E-state index contributed by atoms with van der Waals surface area (Å²) in [5.41, 5.74) is 1.09. The average molecular weight is 399 g/mol. The molecule has 3 aromatic rings. The van der Waals surface area contributed by atoms with Crippen LogP contribution in [0.15, 0.2) is 53.5 Å². The van der Waals surface area contributed by atoms with E-state index in [9.17, 15) is 0 Å². The van der Waals surface area contributed by atoms with Crippen LogP contribution in [0.25, 0.3) is 10.2 Å². The summed E-state index contributed by atoms with van der Waals surface area (Å²) < 4.78 is 12.1. The van der Waals surface area contributed by atoms with Crippen LogP contribution < -0.4 is 20.1 Å². The van der Waals surface area contributed by atoms with Gasteiger partial charge in [0.2, 0.25) is 0 Å². The molecule has 0 amide bonds. The molecule has 3 rings (SSSR count). The number of nitrogens with one attached hydrogen (secondary N) is 2. The molecule has 0 unspecified atom stereocenters. The molecule has 148 valence electrons. The summed E-state index contributed by atoms with van der Waals surface area (Å²) in [6.07, 6.45) is 1.97. The Kier molecular flexibility index (Phi) is 7.49. The lowest BCUT2D eigenvalue weighted by Crippen LogP contribution is -2.39. The van der Waals surface area contributed by atoms with Crippen molar-refractivity contribution in [3.05, 3.63) is 53.5 Å². The van der Waals surface area contributed by atoms with Gasteiger partial charge in [0.25, 0.3) is 0 Å². The monoisotopic (exact) mass is 398 g/mol. The van der Waals surface area contributed by atoms with Gasteiger partial charge < -0.3 is 20.1 Å². The van der Waals surface area contributed by atoms with Crippen LogP contribution in [0, 0.1) is 0 Å². The highest BCUT2D eigenvalue weighted by Crippen LogP contribution is 2.22. The van der Waals surface area contributed by atoms with Gasteiger partial charge in [0.1, 0.15) is 18.1 Å². The predicted octanol–water partition coefficient (Wildman–Crippen LogP) is 3.48. The molecule has 0 radical (unpaired) electrons. The number of guanidine groups is 1. The minimum Gasteiger partial charge on any atom is -0.497 e. The van der Waals surface area contributed by atoms with E-state index >= 15 is 0 Å². The van der Waals surface area contributed by atoms with E-state index < -0.39 is 0 Å². The maximum Gasteiger partial charge on any atom is 0.191 e. The Morgan fingerprint density at radius 2 is 1.79 bits per heavy atom. The molecule has 6 nitrogen and oxygen atoms in total. The number of fused-ring (bicyclic) bond motifs is 1. The predicted molar refractivity (Wildman–Crippen MR) is 116 cm³/mol. The molecule has 2 N–H and O–H groups in total. The molecule has 2 aromatic carbocycles. The molecular weight excluding hydrogens is 372 g/mol. The SMILES string of the molecule is CN=C(NCCCc1nc2ccccc2s1)NCCOc1ccc(OC)cc1. The van der Waals surface area contributed by atoms with E-state index in [1.807, 2.05) is 30.3 Å². The summed E-state index contributed by atoms with van der Waals surface area (Å²) in [7, 11) is 3.42. The van der Waals surface area contributed by atoms with Crippen LogP contribution in [-0.2, 0) is 6.42 Å². The fourth-order valence-corrected chi connectivity index (χ4v) is 3.71. The van der Waals surface area contributed by atoms with Gasteiger partial charge in [-0.15, -0.1) is 11.3 Å². The number of hydrogen-bond donors (Lipinski definition) is 2. The molecule has 0 bridgehead atoms. The molecular formula is C21H26N4O2S. The van der Waals surface area contributed by atoms with Crippen molar-refractivity contribution in [1.29, 1.82) is 0 Å². The third-order valence-electron chi connectivity index (χ3n) is 4.14. The zero-order chi connectivity index (χ0) is 19.6. The highest BCUT2D eigenvalue weighted by Gasteiger charge is 2.03. The summed E-state index contributed by atoms with van der Waals surface area (Å²) in [5, 5.41) is 7.77. The number of methoxy groups -OCH3 is 1. The van der Waals surface area contributed by atoms with E-state index in [0.29, 0.717) is 13.2 Å². The first-order valence-corrected chi connectivity index (χ1v) is 10.2. The van der Waals surface area contributed by atoms with Crippen molar-refractivity contribution in [1.82, 2.24) is 15.6 Å². The first-order valence-electron chi connectivity index (χ1n) is 9.34. The van der Waals surface area contributed by atoms with Crippen molar-refractivity contribution in [3.63, 3.8) is 0 Å². The van der Waals surface area contributed by atoms with E-state index in [4.69, 9.17) is 9.47 Å². The number of para-hydroxylation sites is 1. The molecule has 1 heterocycles. The van der Waals surface area contributed by atoms with Crippen molar-refractivity contribution < 1.29 is 9.47 Å². The first-order chi connectivity index (χ1) is 13.8. The minimum absolute atomic E-state index is 0.554. The van der Waals surface area contributed by atoms with Gasteiger partial charge in [0, 0.05) is 20.0 Å². The topological polar surface area (TPSA) is 67.8 Å². The number of aliphatic imine (C=N–C) groups is 1. The molecule has 0 spiro atoms. The average Bonchev–Trinajstić information content (AvgIpc) is 3.16.